The van der Waals surface area contributed by atoms with Crippen molar-refractivity contribution < 1.29 is 23.1 Å². The molecule has 1 aromatic heterocycles. The highest BCUT2D eigenvalue weighted by molar-refractivity contribution is 5.98. The molecule has 2 rings (SSSR count). The monoisotopic (exact) mass is 325 g/mol. The second-order valence-electron chi connectivity index (χ2n) is 4.81. The fourth-order valence-corrected chi connectivity index (χ4v) is 1.99. The smallest absolute Gasteiger partial charge is 0.387 e. The molecule has 0 saturated carbocycles. The molecule has 0 aliphatic rings. The van der Waals surface area contributed by atoms with Crippen molar-refractivity contribution in [1.82, 2.24) is 4.98 Å². The normalized spacial score (nSPS) is 12.7. The van der Waals surface area contributed by atoms with Crippen molar-refractivity contribution >= 4 is 11.6 Å². The molecule has 2 aromatic rings. The first-order valence-corrected chi connectivity index (χ1v) is 6.62. The van der Waals surface area contributed by atoms with Crippen LogP contribution in [0.25, 0.3) is 0 Å². The Morgan fingerprint density at radius 2 is 2.09 bits per heavy atom. The Bertz CT molecular complexity index is 704. The summed E-state index contributed by atoms with van der Waals surface area (Å²) < 4.78 is 38.0. The first kappa shape index (κ1) is 16.8. The summed E-state index contributed by atoms with van der Waals surface area (Å²) in [5.41, 5.74) is 4.94. The van der Waals surface area contributed by atoms with E-state index in [4.69, 9.17) is 5.73 Å². The van der Waals surface area contributed by atoms with Gasteiger partial charge in [0.2, 0.25) is 0 Å². The van der Waals surface area contributed by atoms with Crippen LogP contribution in [0.1, 0.15) is 27.6 Å². The Kier molecular flexibility index (Phi) is 4.85. The van der Waals surface area contributed by atoms with Gasteiger partial charge in [0.1, 0.15) is 0 Å². The largest absolute Gasteiger partial charge is 0.416 e. The number of amides is 1. The molecule has 1 heterocycles. The summed E-state index contributed by atoms with van der Waals surface area (Å²) >= 11 is 0. The Labute approximate surface area is 130 Å². The molecule has 1 unspecified atom stereocenters. The minimum atomic E-state index is -4.48. The highest BCUT2D eigenvalue weighted by Crippen LogP contribution is 2.30. The molecule has 0 bridgehead atoms. The van der Waals surface area contributed by atoms with Crippen molar-refractivity contribution in [3.63, 3.8) is 0 Å². The predicted octanol–water partition coefficient (Wildman–Crippen LogP) is 2.34. The fraction of sp³-hybridized carbons (Fsp3) is 0.200. The van der Waals surface area contributed by atoms with E-state index >= 15 is 0 Å². The zero-order chi connectivity index (χ0) is 17.0. The van der Waals surface area contributed by atoms with Gasteiger partial charge in [0.15, 0.2) is 0 Å². The number of aliphatic hydroxyl groups is 1. The van der Waals surface area contributed by atoms with E-state index in [9.17, 15) is 23.1 Å². The number of pyridine rings is 1. The number of rotatable bonds is 5. The van der Waals surface area contributed by atoms with Gasteiger partial charge in [-0.25, -0.2) is 0 Å². The van der Waals surface area contributed by atoms with Crippen LogP contribution >= 0.6 is 0 Å². The first-order chi connectivity index (χ1) is 10.8. The van der Waals surface area contributed by atoms with Gasteiger partial charge in [-0.2, -0.15) is 13.2 Å². The summed E-state index contributed by atoms with van der Waals surface area (Å²) in [6.07, 6.45) is -2.98. The number of carbonyl (C=O) groups excluding carboxylic acids is 1. The fourth-order valence-electron chi connectivity index (χ4n) is 1.99. The zero-order valence-corrected chi connectivity index (χ0v) is 11.8. The van der Waals surface area contributed by atoms with E-state index in [1.54, 1.807) is 0 Å². The molecular formula is C15H14F3N3O2. The van der Waals surface area contributed by atoms with E-state index < -0.39 is 23.8 Å². The molecule has 0 aliphatic carbocycles. The van der Waals surface area contributed by atoms with Crippen LogP contribution in [-0.4, -0.2) is 22.5 Å². The lowest BCUT2D eigenvalue weighted by molar-refractivity contribution is -0.137. The summed E-state index contributed by atoms with van der Waals surface area (Å²) in [5.74, 6) is -0.700. The van der Waals surface area contributed by atoms with Crippen molar-refractivity contribution in [2.45, 2.75) is 12.3 Å². The third-order valence-corrected chi connectivity index (χ3v) is 3.17. The number of alkyl halides is 3. The number of hydrogen-bond donors (Lipinski definition) is 3. The van der Waals surface area contributed by atoms with Gasteiger partial charge < -0.3 is 16.2 Å². The van der Waals surface area contributed by atoms with Crippen LogP contribution in [-0.2, 0) is 6.18 Å². The summed E-state index contributed by atoms with van der Waals surface area (Å²) in [7, 11) is 0. The molecule has 4 N–H and O–H groups in total. The molecule has 8 heteroatoms. The van der Waals surface area contributed by atoms with Crippen LogP contribution < -0.4 is 11.1 Å². The van der Waals surface area contributed by atoms with Crippen LogP contribution in [0.15, 0.2) is 42.7 Å². The zero-order valence-electron chi connectivity index (χ0n) is 11.8. The molecule has 1 amide bonds. The number of primary amides is 1. The van der Waals surface area contributed by atoms with Crippen molar-refractivity contribution in [3.05, 3.63) is 59.4 Å². The topological polar surface area (TPSA) is 88.2 Å². The Hall–Kier alpha value is -2.61. The lowest BCUT2D eigenvalue weighted by Gasteiger charge is -2.16. The lowest BCUT2D eigenvalue weighted by atomic mass is 10.1. The van der Waals surface area contributed by atoms with Crippen LogP contribution in [0.2, 0.25) is 0 Å². The SMILES string of the molecule is NC(=O)c1cnccc1NCC(O)c1cccc(C(F)(F)F)c1. The van der Waals surface area contributed by atoms with E-state index in [2.05, 4.69) is 10.3 Å². The number of aliphatic hydroxyl groups excluding tert-OH is 1. The van der Waals surface area contributed by atoms with E-state index in [-0.39, 0.29) is 17.7 Å². The van der Waals surface area contributed by atoms with Crippen LogP contribution in [0, 0.1) is 0 Å². The summed E-state index contributed by atoms with van der Waals surface area (Å²) in [6.45, 7) is -0.0917. The molecular weight excluding hydrogens is 311 g/mol. The number of nitrogens with two attached hydrogens (primary N) is 1. The number of carbonyl (C=O) groups is 1. The number of hydrogen-bond acceptors (Lipinski definition) is 4. The minimum absolute atomic E-state index is 0.0917. The lowest BCUT2D eigenvalue weighted by Crippen LogP contribution is -2.18. The molecule has 5 nitrogen and oxygen atoms in total. The van der Waals surface area contributed by atoms with E-state index in [1.807, 2.05) is 0 Å². The summed E-state index contributed by atoms with van der Waals surface area (Å²) in [6, 6.07) is 5.91. The molecule has 0 radical (unpaired) electrons. The van der Waals surface area contributed by atoms with Gasteiger partial charge in [-0.05, 0) is 23.8 Å². The second-order valence-corrected chi connectivity index (χ2v) is 4.81. The Balaban J connectivity index is 2.12. The maximum absolute atomic E-state index is 12.7. The van der Waals surface area contributed by atoms with Crippen molar-refractivity contribution in [3.8, 4) is 0 Å². The number of halogens is 3. The highest BCUT2D eigenvalue weighted by Gasteiger charge is 2.30. The molecule has 0 saturated heterocycles. The number of benzene rings is 1. The second kappa shape index (κ2) is 6.66. The number of nitrogens with zero attached hydrogens (tertiary/aromatic N) is 1. The Morgan fingerprint density at radius 1 is 1.35 bits per heavy atom. The van der Waals surface area contributed by atoms with Crippen LogP contribution in [0.5, 0.6) is 0 Å². The number of aromatic nitrogens is 1. The number of nitrogens with one attached hydrogen (secondary N) is 1. The third-order valence-electron chi connectivity index (χ3n) is 3.17. The van der Waals surface area contributed by atoms with E-state index in [0.29, 0.717) is 5.69 Å². The standard InChI is InChI=1S/C15H14F3N3O2/c16-15(17,18)10-3-1-2-9(6-10)13(22)8-21-12-4-5-20-7-11(12)14(19)23/h1-7,13,22H,8H2,(H2,19,23)(H,20,21). The van der Waals surface area contributed by atoms with E-state index in [1.165, 1.54) is 30.6 Å². The van der Waals surface area contributed by atoms with Gasteiger partial charge >= 0.3 is 6.18 Å². The predicted molar refractivity (Wildman–Crippen MR) is 77.6 cm³/mol. The maximum atomic E-state index is 12.7. The Morgan fingerprint density at radius 3 is 2.74 bits per heavy atom. The van der Waals surface area contributed by atoms with Gasteiger partial charge in [-0.3, -0.25) is 9.78 Å². The summed E-state index contributed by atoms with van der Waals surface area (Å²) in [5, 5.41) is 12.8. The third kappa shape index (κ3) is 4.19. The minimum Gasteiger partial charge on any atom is -0.387 e. The van der Waals surface area contributed by atoms with Gasteiger partial charge in [-0.1, -0.05) is 12.1 Å². The molecule has 1 atom stereocenters. The van der Waals surface area contributed by atoms with E-state index in [0.717, 1.165) is 12.1 Å². The average molecular weight is 325 g/mol. The van der Waals surface area contributed by atoms with Gasteiger partial charge in [0.25, 0.3) is 5.91 Å². The van der Waals surface area contributed by atoms with Crippen molar-refractivity contribution in [2.75, 3.05) is 11.9 Å². The molecule has 0 spiro atoms. The highest BCUT2D eigenvalue weighted by atomic mass is 19.4. The van der Waals surface area contributed by atoms with Crippen LogP contribution in [0.4, 0.5) is 18.9 Å². The van der Waals surface area contributed by atoms with Gasteiger partial charge in [0.05, 0.1) is 22.9 Å². The molecule has 1 aromatic carbocycles. The van der Waals surface area contributed by atoms with Gasteiger partial charge in [-0.15, -0.1) is 0 Å². The maximum Gasteiger partial charge on any atom is 0.416 e. The summed E-state index contributed by atoms with van der Waals surface area (Å²) in [4.78, 5) is 15.0. The van der Waals surface area contributed by atoms with Crippen LogP contribution in [0.3, 0.4) is 0 Å². The quantitative estimate of drug-likeness (QED) is 0.787. The van der Waals surface area contributed by atoms with Crippen molar-refractivity contribution in [2.24, 2.45) is 5.73 Å². The average Bonchev–Trinajstić information content (AvgIpc) is 2.52. The first-order valence-electron chi connectivity index (χ1n) is 6.62. The molecule has 23 heavy (non-hydrogen) atoms. The molecule has 0 aliphatic heterocycles. The molecule has 122 valence electrons. The van der Waals surface area contributed by atoms with Gasteiger partial charge in [0, 0.05) is 18.9 Å². The molecule has 0 fully saturated rings. The number of anilines is 1. The van der Waals surface area contributed by atoms with Crippen molar-refractivity contribution in [1.29, 1.82) is 0 Å².